The van der Waals surface area contributed by atoms with Gasteiger partial charge in [-0.1, -0.05) is 26.7 Å². The molecule has 3 heteroatoms. The number of rotatable bonds is 7. The maximum atomic E-state index is 4.64. The molecule has 1 N–H and O–H groups in total. The third kappa shape index (κ3) is 3.38. The van der Waals surface area contributed by atoms with E-state index in [-0.39, 0.29) is 0 Å². The van der Waals surface area contributed by atoms with E-state index < -0.39 is 0 Å². The molecule has 108 valence electrons. The van der Waals surface area contributed by atoms with Crippen molar-refractivity contribution in [2.45, 2.75) is 65.5 Å². The number of nitrogens with one attached hydrogen (secondary N) is 1. The maximum absolute atomic E-state index is 4.64. The van der Waals surface area contributed by atoms with Crippen molar-refractivity contribution in [3.63, 3.8) is 0 Å². The van der Waals surface area contributed by atoms with Crippen molar-refractivity contribution >= 4 is 0 Å². The molecule has 3 unspecified atom stereocenters. The van der Waals surface area contributed by atoms with Gasteiger partial charge >= 0.3 is 0 Å². The highest BCUT2D eigenvalue weighted by Crippen LogP contribution is 2.40. The first kappa shape index (κ1) is 14.6. The molecule has 1 aromatic rings. The maximum Gasteiger partial charge on any atom is 0.126 e. The topological polar surface area (TPSA) is 29.9 Å². The van der Waals surface area contributed by atoms with E-state index in [2.05, 4.69) is 41.8 Å². The summed E-state index contributed by atoms with van der Waals surface area (Å²) in [6, 6.07) is 0.450. The second-order valence-electron chi connectivity index (χ2n) is 5.85. The lowest BCUT2D eigenvalue weighted by Gasteiger charge is -2.25. The van der Waals surface area contributed by atoms with E-state index in [4.69, 9.17) is 0 Å². The molecule has 1 aromatic heterocycles. The lowest BCUT2D eigenvalue weighted by atomic mass is 9.95. The van der Waals surface area contributed by atoms with Crippen LogP contribution in [0.4, 0.5) is 0 Å². The van der Waals surface area contributed by atoms with E-state index in [0.717, 1.165) is 24.9 Å². The summed E-state index contributed by atoms with van der Waals surface area (Å²) in [5.41, 5.74) is 0. The van der Waals surface area contributed by atoms with Crippen LogP contribution in [0.5, 0.6) is 0 Å². The fourth-order valence-electron chi connectivity index (χ4n) is 3.42. The van der Waals surface area contributed by atoms with E-state index >= 15 is 0 Å². The van der Waals surface area contributed by atoms with Crippen molar-refractivity contribution < 1.29 is 0 Å². The van der Waals surface area contributed by atoms with Crippen LogP contribution in [-0.4, -0.2) is 16.1 Å². The monoisotopic (exact) mass is 263 g/mol. The normalized spacial score (nSPS) is 24.8. The van der Waals surface area contributed by atoms with Gasteiger partial charge in [0.2, 0.25) is 0 Å². The average Bonchev–Trinajstić information content (AvgIpc) is 3.08. The zero-order chi connectivity index (χ0) is 13.7. The fourth-order valence-corrected chi connectivity index (χ4v) is 3.42. The predicted octanol–water partition coefficient (Wildman–Crippen LogP) is 3.77. The SMILES string of the molecule is CCCNC(c1nccn1CC)C1CCC(CC)C1. The van der Waals surface area contributed by atoms with Crippen LogP contribution < -0.4 is 5.32 Å². The molecule has 1 heterocycles. The van der Waals surface area contributed by atoms with Crippen LogP contribution in [0, 0.1) is 11.8 Å². The summed E-state index contributed by atoms with van der Waals surface area (Å²) in [6.45, 7) is 8.87. The van der Waals surface area contributed by atoms with Crippen molar-refractivity contribution in [1.82, 2.24) is 14.9 Å². The molecule has 0 bridgehead atoms. The summed E-state index contributed by atoms with van der Waals surface area (Å²) in [4.78, 5) is 4.64. The summed E-state index contributed by atoms with van der Waals surface area (Å²) in [5.74, 6) is 2.95. The number of aromatic nitrogens is 2. The first-order chi connectivity index (χ1) is 9.30. The second kappa shape index (κ2) is 7.09. The van der Waals surface area contributed by atoms with Gasteiger partial charge in [0.15, 0.2) is 0 Å². The smallest absolute Gasteiger partial charge is 0.126 e. The number of nitrogens with zero attached hydrogens (tertiary/aromatic N) is 2. The Morgan fingerprint density at radius 2 is 2.21 bits per heavy atom. The standard InChI is InChI=1S/C16H29N3/c1-4-9-17-15(14-8-7-13(5-2)12-14)16-18-10-11-19(16)6-3/h10-11,13-15,17H,4-9,12H2,1-3H3. The zero-order valence-electron chi connectivity index (χ0n) is 12.7. The van der Waals surface area contributed by atoms with Gasteiger partial charge in [0.05, 0.1) is 6.04 Å². The van der Waals surface area contributed by atoms with Gasteiger partial charge in [-0.3, -0.25) is 0 Å². The Morgan fingerprint density at radius 1 is 1.37 bits per heavy atom. The molecule has 1 aliphatic rings. The molecule has 3 atom stereocenters. The summed E-state index contributed by atoms with van der Waals surface area (Å²) < 4.78 is 2.30. The first-order valence-corrected chi connectivity index (χ1v) is 8.04. The average molecular weight is 263 g/mol. The van der Waals surface area contributed by atoms with Gasteiger partial charge < -0.3 is 9.88 Å². The van der Waals surface area contributed by atoms with E-state index in [1.807, 2.05) is 6.20 Å². The molecule has 0 spiro atoms. The van der Waals surface area contributed by atoms with Gasteiger partial charge in [-0.05, 0) is 44.6 Å². The molecule has 19 heavy (non-hydrogen) atoms. The number of aryl methyl sites for hydroxylation is 1. The zero-order valence-corrected chi connectivity index (χ0v) is 12.7. The van der Waals surface area contributed by atoms with Gasteiger partial charge in [0.1, 0.15) is 5.82 Å². The van der Waals surface area contributed by atoms with Crippen molar-refractivity contribution in [1.29, 1.82) is 0 Å². The Morgan fingerprint density at radius 3 is 2.84 bits per heavy atom. The Balaban J connectivity index is 2.12. The van der Waals surface area contributed by atoms with E-state index in [0.29, 0.717) is 6.04 Å². The highest BCUT2D eigenvalue weighted by Gasteiger charge is 2.32. The molecule has 0 aliphatic heterocycles. The van der Waals surface area contributed by atoms with Crippen molar-refractivity contribution in [3.05, 3.63) is 18.2 Å². The van der Waals surface area contributed by atoms with Crippen LogP contribution in [0.25, 0.3) is 0 Å². The van der Waals surface area contributed by atoms with Gasteiger partial charge in [0, 0.05) is 18.9 Å². The molecule has 3 nitrogen and oxygen atoms in total. The fraction of sp³-hybridized carbons (Fsp3) is 0.812. The van der Waals surface area contributed by atoms with Gasteiger partial charge in [-0.15, -0.1) is 0 Å². The largest absolute Gasteiger partial charge is 0.334 e. The molecular formula is C16H29N3. The molecule has 1 fully saturated rings. The lowest BCUT2D eigenvalue weighted by molar-refractivity contribution is 0.332. The van der Waals surface area contributed by atoms with Crippen LogP contribution in [0.2, 0.25) is 0 Å². The van der Waals surface area contributed by atoms with Crippen LogP contribution in [0.3, 0.4) is 0 Å². The summed E-state index contributed by atoms with van der Waals surface area (Å²) in [7, 11) is 0. The van der Waals surface area contributed by atoms with E-state index in [9.17, 15) is 0 Å². The predicted molar refractivity (Wildman–Crippen MR) is 80.1 cm³/mol. The third-order valence-corrected chi connectivity index (χ3v) is 4.61. The minimum Gasteiger partial charge on any atom is -0.334 e. The van der Waals surface area contributed by atoms with Crippen LogP contribution in [0.1, 0.15) is 64.7 Å². The minimum absolute atomic E-state index is 0.450. The Labute approximate surface area is 117 Å². The number of hydrogen-bond acceptors (Lipinski definition) is 2. The molecule has 2 rings (SSSR count). The Bertz CT molecular complexity index is 372. The van der Waals surface area contributed by atoms with Crippen molar-refractivity contribution in [3.8, 4) is 0 Å². The summed E-state index contributed by atoms with van der Waals surface area (Å²) >= 11 is 0. The number of hydrogen-bond donors (Lipinski definition) is 1. The Kier molecular flexibility index (Phi) is 5.44. The minimum atomic E-state index is 0.450. The lowest BCUT2D eigenvalue weighted by Crippen LogP contribution is -2.30. The second-order valence-corrected chi connectivity index (χ2v) is 5.85. The van der Waals surface area contributed by atoms with Gasteiger partial charge in [0.25, 0.3) is 0 Å². The van der Waals surface area contributed by atoms with Crippen LogP contribution in [-0.2, 0) is 6.54 Å². The molecule has 1 aliphatic carbocycles. The summed E-state index contributed by atoms with van der Waals surface area (Å²) in [5, 5.41) is 3.75. The van der Waals surface area contributed by atoms with Crippen LogP contribution in [0.15, 0.2) is 12.4 Å². The van der Waals surface area contributed by atoms with Gasteiger partial charge in [-0.2, -0.15) is 0 Å². The molecule has 1 saturated carbocycles. The molecule has 0 amide bonds. The molecular weight excluding hydrogens is 234 g/mol. The van der Waals surface area contributed by atoms with Crippen molar-refractivity contribution in [2.24, 2.45) is 11.8 Å². The number of imidazole rings is 1. The summed E-state index contributed by atoms with van der Waals surface area (Å²) in [6.07, 6.45) is 10.7. The van der Waals surface area contributed by atoms with Gasteiger partial charge in [-0.25, -0.2) is 4.98 Å². The van der Waals surface area contributed by atoms with E-state index in [1.54, 1.807) is 0 Å². The quantitative estimate of drug-likeness (QED) is 0.811. The highest BCUT2D eigenvalue weighted by molar-refractivity contribution is 5.03. The molecule has 0 aromatic carbocycles. The molecule has 0 saturated heterocycles. The van der Waals surface area contributed by atoms with E-state index in [1.165, 1.54) is 37.9 Å². The molecule has 0 radical (unpaired) electrons. The van der Waals surface area contributed by atoms with Crippen molar-refractivity contribution in [2.75, 3.05) is 6.54 Å². The highest BCUT2D eigenvalue weighted by atomic mass is 15.1. The Hall–Kier alpha value is -0.830. The first-order valence-electron chi connectivity index (χ1n) is 8.04. The third-order valence-electron chi connectivity index (χ3n) is 4.61. The van der Waals surface area contributed by atoms with Crippen LogP contribution >= 0.6 is 0 Å².